The fourth-order valence-corrected chi connectivity index (χ4v) is 2.92. The van der Waals surface area contributed by atoms with E-state index in [1.165, 1.54) is 0 Å². The monoisotopic (exact) mass is 360 g/mol. The van der Waals surface area contributed by atoms with Crippen LogP contribution in [0.2, 0.25) is 5.02 Å². The molecule has 7 nitrogen and oxygen atoms in total. The van der Waals surface area contributed by atoms with Crippen molar-refractivity contribution in [2.24, 2.45) is 10.7 Å². The van der Waals surface area contributed by atoms with Crippen LogP contribution in [0.4, 0.5) is 5.95 Å². The van der Waals surface area contributed by atoms with Gasteiger partial charge in [-0.1, -0.05) is 11.6 Å². The van der Waals surface area contributed by atoms with Gasteiger partial charge in [0.1, 0.15) is 5.75 Å². The van der Waals surface area contributed by atoms with Crippen LogP contribution in [0.1, 0.15) is 5.56 Å². The maximum atomic E-state index is 6.16. The van der Waals surface area contributed by atoms with E-state index >= 15 is 0 Å². The molecule has 3 rings (SSSR count). The third-order valence-electron chi connectivity index (χ3n) is 4.09. The minimum atomic E-state index is 0.428. The molecule has 0 amide bonds. The van der Waals surface area contributed by atoms with Gasteiger partial charge in [-0.05, 0) is 24.3 Å². The number of benzene rings is 1. The molecule has 0 radical (unpaired) electrons. The van der Waals surface area contributed by atoms with Crippen LogP contribution < -0.4 is 15.4 Å². The molecule has 1 aromatic heterocycles. The zero-order chi connectivity index (χ0) is 17.6. The van der Waals surface area contributed by atoms with E-state index in [9.17, 15) is 0 Å². The Morgan fingerprint density at radius 3 is 2.64 bits per heavy atom. The average Bonchev–Trinajstić information content (AvgIpc) is 2.67. The van der Waals surface area contributed by atoms with Gasteiger partial charge in [-0.2, -0.15) is 0 Å². The molecule has 0 spiro atoms. The number of piperazine rings is 1. The van der Waals surface area contributed by atoms with Crippen molar-refractivity contribution in [2.75, 3.05) is 38.2 Å². The first kappa shape index (κ1) is 17.3. The van der Waals surface area contributed by atoms with Gasteiger partial charge >= 0.3 is 0 Å². The highest BCUT2D eigenvalue weighted by atomic mass is 35.5. The molecule has 1 fully saturated rings. The molecule has 0 bridgehead atoms. The number of anilines is 1. The highest BCUT2D eigenvalue weighted by Gasteiger charge is 2.19. The summed E-state index contributed by atoms with van der Waals surface area (Å²) in [6.45, 7) is 3.60. The zero-order valence-corrected chi connectivity index (χ0v) is 14.9. The molecule has 8 heteroatoms. The highest BCUT2D eigenvalue weighted by Crippen LogP contribution is 2.23. The molecular formula is C17H21ClN6O. The standard InChI is InChI=1S/C17H21ClN6O/c1-25-15-4-3-14(18)11-13(15)12-22-16(19)23-7-9-24(10-8-23)17-20-5-2-6-21-17/h2-6,11H,7-10,12H2,1H3,(H2,19,22). The van der Waals surface area contributed by atoms with Crippen molar-refractivity contribution in [3.8, 4) is 5.75 Å². The Labute approximate surface area is 152 Å². The second-order valence-corrected chi connectivity index (χ2v) is 6.09. The van der Waals surface area contributed by atoms with Crippen molar-refractivity contribution in [3.63, 3.8) is 0 Å². The second-order valence-electron chi connectivity index (χ2n) is 5.65. The van der Waals surface area contributed by atoms with Gasteiger partial charge in [-0.15, -0.1) is 0 Å². The molecule has 0 saturated carbocycles. The van der Waals surface area contributed by atoms with Crippen molar-refractivity contribution in [1.29, 1.82) is 0 Å². The van der Waals surface area contributed by atoms with E-state index in [-0.39, 0.29) is 0 Å². The van der Waals surface area contributed by atoms with E-state index in [4.69, 9.17) is 22.1 Å². The fraction of sp³-hybridized carbons (Fsp3) is 0.353. The molecular weight excluding hydrogens is 340 g/mol. The number of aromatic nitrogens is 2. The third kappa shape index (κ3) is 4.30. The van der Waals surface area contributed by atoms with E-state index in [2.05, 4.69) is 24.8 Å². The van der Waals surface area contributed by atoms with Crippen molar-refractivity contribution in [3.05, 3.63) is 47.2 Å². The van der Waals surface area contributed by atoms with E-state index in [0.29, 0.717) is 17.5 Å². The van der Waals surface area contributed by atoms with Crippen LogP contribution in [0.3, 0.4) is 0 Å². The minimum absolute atomic E-state index is 0.428. The van der Waals surface area contributed by atoms with Gasteiger partial charge in [0, 0.05) is 49.2 Å². The van der Waals surface area contributed by atoms with E-state index in [1.54, 1.807) is 25.6 Å². The van der Waals surface area contributed by atoms with Crippen LogP contribution in [-0.2, 0) is 6.54 Å². The number of rotatable bonds is 4. The molecule has 0 aliphatic carbocycles. The Bertz CT molecular complexity index is 731. The number of hydrogen-bond donors (Lipinski definition) is 1. The van der Waals surface area contributed by atoms with Crippen LogP contribution in [-0.4, -0.2) is 54.1 Å². The Morgan fingerprint density at radius 2 is 1.96 bits per heavy atom. The number of aliphatic imine (C=N–C) groups is 1. The number of methoxy groups -OCH3 is 1. The number of halogens is 1. The lowest BCUT2D eigenvalue weighted by atomic mass is 10.2. The lowest BCUT2D eigenvalue weighted by Crippen LogP contribution is -2.51. The third-order valence-corrected chi connectivity index (χ3v) is 4.33. The van der Waals surface area contributed by atoms with Crippen molar-refractivity contribution in [2.45, 2.75) is 6.54 Å². The first-order valence-corrected chi connectivity index (χ1v) is 8.44. The molecule has 2 N–H and O–H groups in total. The Hall–Kier alpha value is -2.54. The smallest absolute Gasteiger partial charge is 0.225 e. The topological polar surface area (TPSA) is 79.9 Å². The largest absolute Gasteiger partial charge is 0.496 e. The molecule has 0 unspecified atom stereocenters. The maximum absolute atomic E-state index is 6.16. The number of nitrogens with zero attached hydrogens (tertiary/aromatic N) is 5. The zero-order valence-electron chi connectivity index (χ0n) is 14.1. The summed E-state index contributed by atoms with van der Waals surface area (Å²) in [6, 6.07) is 7.29. The number of guanidine groups is 1. The van der Waals surface area contributed by atoms with Gasteiger partial charge < -0.3 is 20.3 Å². The van der Waals surface area contributed by atoms with Crippen LogP contribution >= 0.6 is 11.6 Å². The van der Waals surface area contributed by atoms with Gasteiger partial charge in [-0.3, -0.25) is 0 Å². The van der Waals surface area contributed by atoms with Crippen molar-refractivity contribution < 1.29 is 4.74 Å². The lowest BCUT2D eigenvalue weighted by molar-refractivity contribution is 0.377. The van der Waals surface area contributed by atoms with Gasteiger partial charge in [0.25, 0.3) is 0 Å². The molecule has 0 atom stereocenters. The van der Waals surface area contributed by atoms with E-state index in [1.807, 2.05) is 18.2 Å². The normalized spacial score (nSPS) is 15.4. The summed E-state index contributed by atoms with van der Waals surface area (Å²) in [5, 5.41) is 0.654. The summed E-state index contributed by atoms with van der Waals surface area (Å²) in [5.41, 5.74) is 7.07. The number of hydrogen-bond acceptors (Lipinski definition) is 5. The molecule has 25 heavy (non-hydrogen) atoms. The first-order valence-electron chi connectivity index (χ1n) is 8.06. The van der Waals surface area contributed by atoms with E-state index < -0.39 is 0 Å². The second kappa shape index (κ2) is 8.02. The van der Waals surface area contributed by atoms with E-state index in [0.717, 1.165) is 43.4 Å². The highest BCUT2D eigenvalue weighted by molar-refractivity contribution is 6.30. The lowest BCUT2D eigenvalue weighted by Gasteiger charge is -2.35. The molecule has 2 heterocycles. The summed E-state index contributed by atoms with van der Waals surface area (Å²) >= 11 is 6.05. The molecule has 1 aromatic carbocycles. The van der Waals surface area contributed by atoms with Gasteiger partial charge in [0.15, 0.2) is 5.96 Å². The van der Waals surface area contributed by atoms with Crippen molar-refractivity contribution >= 4 is 23.5 Å². The average molecular weight is 361 g/mol. The van der Waals surface area contributed by atoms with Crippen molar-refractivity contribution in [1.82, 2.24) is 14.9 Å². The van der Waals surface area contributed by atoms with Gasteiger partial charge in [0.05, 0.1) is 13.7 Å². The number of ether oxygens (including phenoxy) is 1. The Morgan fingerprint density at radius 1 is 1.24 bits per heavy atom. The first-order chi connectivity index (χ1) is 12.2. The number of nitrogens with two attached hydrogens (primary N) is 1. The van der Waals surface area contributed by atoms with Gasteiger partial charge in [-0.25, -0.2) is 15.0 Å². The SMILES string of the molecule is COc1ccc(Cl)cc1CN=C(N)N1CCN(c2ncccn2)CC1. The summed E-state index contributed by atoms with van der Waals surface area (Å²) in [7, 11) is 1.63. The Balaban J connectivity index is 1.60. The summed E-state index contributed by atoms with van der Waals surface area (Å²) in [6.07, 6.45) is 3.51. The van der Waals surface area contributed by atoms with Crippen LogP contribution in [0.5, 0.6) is 5.75 Å². The molecule has 1 aliphatic heterocycles. The quantitative estimate of drug-likeness (QED) is 0.661. The minimum Gasteiger partial charge on any atom is -0.496 e. The predicted octanol–water partition coefficient (Wildman–Crippen LogP) is 1.78. The van der Waals surface area contributed by atoms with Crippen LogP contribution in [0.25, 0.3) is 0 Å². The Kier molecular flexibility index (Phi) is 5.55. The van der Waals surface area contributed by atoms with Crippen LogP contribution in [0.15, 0.2) is 41.7 Å². The summed E-state index contributed by atoms with van der Waals surface area (Å²) in [4.78, 5) is 17.3. The summed E-state index contributed by atoms with van der Waals surface area (Å²) < 4.78 is 5.34. The summed E-state index contributed by atoms with van der Waals surface area (Å²) in [5.74, 6) is 2.03. The molecule has 2 aromatic rings. The van der Waals surface area contributed by atoms with Gasteiger partial charge in [0.2, 0.25) is 5.95 Å². The molecule has 1 saturated heterocycles. The fourth-order valence-electron chi connectivity index (χ4n) is 2.73. The predicted molar refractivity (Wildman–Crippen MR) is 99.1 cm³/mol. The molecule has 1 aliphatic rings. The maximum Gasteiger partial charge on any atom is 0.225 e. The molecule has 132 valence electrons. The van der Waals surface area contributed by atoms with Crippen LogP contribution in [0, 0.1) is 0 Å².